The van der Waals surface area contributed by atoms with Gasteiger partial charge in [0.05, 0.1) is 19.8 Å². The van der Waals surface area contributed by atoms with Crippen LogP contribution in [0.2, 0.25) is 0 Å². The first-order valence-electron chi connectivity index (χ1n) is 19.6. The highest BCUT2D eigenvalue weighted by Gasteiger charge is 2.48. The Morgan fingerprint density at radius 2 is 1.27 bits per heavy atom. The van der Waals surface area contributed by atoms with E-state index >= 15 is 0 Å². The highest BCUT2D eigenvalue weighted by Crippen LogP contribution is 2.26. The van der Waals surface area contributed by atoms with Crippen LogP contribution >= 0.6 is 0 Å². The van der Waals surface area contributed by atoms with Crippen molar-refractivity contribution in [2.75, 3.05) is 26.4 Å². The summed E-state index contributed by atoms with van der Waals surface area (Å²) in [6.45, 7) is 3.36. The summed E-state index contributed by atoms with van der Waals surface area (Å²) in [7, 11) is -5.04. The van der Waals surface area contributed by atoms with Crippen LogP contribution < -0.4 is 0 Å². The van der Waals surface area contributed by atoms with E-state index in [9.17, 15) is 28.5 Å². The molecule has 0 aromatic heterocycles. The number of ether oxygens (including phenoxy) is 4. The summed E-state index contributed by atoms with van der Waals surface area (Å²) < 4.78 is 57.7. The van der Waals surface area contributed by atoms with Crippen LogP contribution in [0.3, 0.4) is 0 Å². The zero-order valence-corrected chi connectivity index (χ0v) is 32.2. The number of hydrogen-bond acceptors (Lipinski definition) is 11. The van der Waals surface area contributed by atoms with Gasteiger partial charge in [0.15, 0.2) is 6.29 Å². The van der Waals surface area contributed by atoms with Crippen molar-refractivity contribution in [3.8, 4) is 0 Å². The van der Waals surface area contributed by atoms with Gasteiger partial charge in [-0.2, -0.15) is 8.42 Å². The van der Waals surface area contributed by atoms with E-state index in [1.54, 1.807) is 6.92 Å². The van der Waals surface area contributed by atoms with Crippen molar-refractivity contribution in [3.63, 3.8) is 0 Å². The summed E-state index contributed by atoms with van der Waals surface area (Å²) in [5, 5.41) is 30.1. The van der Waals surface area contributed by atoms with E-state index in [1.165, 1.54) is 103 Å². The predicted molar refractivity (Wildman–Crippen MR) is 197 cm³/mol. The van der Waals surface area contributed by atoms with Gasteiger partial charge in [0.1, 0.15) is 30.5 Å². The molecule has 6 atom stereocenters. The summed E-state index contributed by atoms with van der Waals surface area (Å²) in [5.74, 6) is -0.487. The van der Waals surface area contributed by atoms with Crippen LogP contribution in [0.15, 0.2) is 24.3 Å². The lowest BCUT2D eigenvalue weighted by Gasteiger charge is -2.41. The summed E-state index contributed by atoms with van der Waals surface area (Å²) in [6.07, 6.45) is 25.0. The first-order valence-corrected chi connectivity index (χ1v) is 21.0. The fourth-order valence-electron chi connectivity index (χ4n) is 5.85. The Morgan fingerprint density at radius 3 is 1.78 bits per heavy atom. The van der Waals surface area contributed by atoms with E-state index in [0.717, 1.165) is 25.7 Å². The van der Waals surface area contributed by atoms with Crippen LogP contribution in [0.1, 0.15) is 149 Å². The second kappa shape index (κ2) is 31.0. The van der Waals surface area contributed by atoms with Gasteiger partial charge in [-0.15, -0.1) is 0 Å². The van der Waals surface area contributed by atoms with Gasteiger partial charge in [0.2, 0.25) is 0 Å². The topological polar surface area (TPSA) is 178 Å². The third-order valence-electron chi connectivity index (χ3n) is 8.88. The standard InChI is InChI=1S/C38H70O12S/c1-3-5-6-7-8-9-10-11-12-13-14-15-16-17-18-19-20-21-22-23-24-25-26-27-28-46-30-32(48-34(40)4-2)31-47-38-36(42)37(50-51(43,44)45)35(41)33(29-39)49-38/h10-11,13-14,32-33,35-39,41-42H,3-9,12,15-31H2,1-2H3,(H,43,44,45)/b11-10-,14-13-. The number of rotatable bonds is 33. The first-order chi connectivity index (χ1) is 24.6. The van der Waals surface area contributed by atoms with Crippen molar-refractivity contribution in [1.82, 2.24) is 0 Å². The minimum atomic E-state index is -5.04. The van der Waals surface area contributed by atoms with E-state index in [1.807, 2.05) is 0 Å². The number of allylic oxidation sites excluding steroid dienone is 4. The maximum Gasteiger partial charge on any atom is 0.397 e. The highest BCUT2D eigenvalue weighted by molar-refractivity contribution is 7.80. The zero-order chi connectivity index (χ0) is 37.6. The summed E-state index contributed by atoms with van der Waals surface area (Å²) in [5.41, 5.74) is 0. The van der Waals surface area contributed by atoms with Gasteiger partial charge in [-0.05, 0) is 38.5 Å². The highest BCUT2D eigenvalue weighted by atomic mass is 32.3. The molecule has 0 aromatic rings. The molecule has 12 nitrogen and oxygen atoms in total. The molecule has 0 radical (unpaired) electrons. The second-order valence-electron chi connectivity index (χ2n) is 13.5. The van der Waals surface area contributed by atoms with Crippen LogP contribution in [-0.2, 0) is 38.3 Å². The fraction of sp³-hybridized carbons (Fsp3) is 0.868. The van der Waals surface area contributed by atoms with Crippen LogP contribution in [0.5, 0.6) is 0 Å². The third-order valence-corrected chi connectivity index (χ3v) is 9.35. The molecule has 4 N–H and O–H groups in total. The number of carbonyl (C=O) groups is 1. The molecule has 0 aliphatic carbocycles. The average Bonchev–Trinajstić information content (AvgIpc) is 3.10. The Morgan fingerprint density at radius 1 is 0.745 bits per heavy atom. The van der Waals surface area contributed by atoms with Gasteiger partial charge in [-0.25, -0.2) is 4.18 Å². The molecule has 13 heteroatoms. The maximum atomic E-state index is 11.9. The smallest absolute Gasteiger partial charge is 0.397 e. The molecule has 51 heavy (non-hydrogen) atoms. The molecule has 1 saturated heterocycles. The van der Waals surface area contributed by atoms with Crippen molar-refractivity contribution < 1.29 is 56.2 Å². The maximum absolute atomic E-state index is 11.9. The second-order valence-corrected chi connectivity index (χ2v) is 14.5. The van der Waals surface area contributed by atoms with Crippen LogP contribution in [0.4, 0.5) is 0 Å². The molecule has 6 unspecified atom stereocenters. The Labute approximate surface area is 308 Å². The summed E-state index contributed by atoms with van der Waals surface area (Å²) >= 11 is 0. The molecule has 0 bridgehead atoms. The molecule has 0 spiro atoms. The van der Waals surface area contributed by atoms with Crippen LogP contribution in [-0.4, -0.2) is 97.5 Å². The average molecular weight is 751 g/mol. The molecule has 0 amide bonds. The van der Waals surface area contributed by atoms with Gasteiger partial charge >= 0.3 is 16.4 Å². The molecule has 1 rings (SSSR count). The first kappa shape index (κ1) is 47.6. The minimum absolute atomic E-state index is 0.0270. The summed E-state index contributed by atoms with van der Waals surface area (Å²) in [4.78, 5) is 11.9. The lowest BCUT2D eigenvalue weighted by Crippen LogP contribution is -2.60. The quantitative estimate of drug-likeness (QED) is 0.0236. The van der Waals surface area contributed by atoms with Crippen molar-refractivity contribution in [2.24, 2.45) is 0 Å². The summed E-state index contributed by atoms with van der Waals surface area (Å²) in [6, 6.07) is 0. The predicted octanol–water partition coefficient (Wildman–Crippen LogP) is 6.90. The molecular formula is C38H70O12S. The molecule has 1 heterocycles. The Hall–Kier alpha value is -1.42. The number of unbranched alkanes of at least 4 members (excludes halogenated alkanes) is 17. The normalized spacial score (nSPS) is 21.9. The van der Waals surface area contributed by atoms with Crippen LogP contribution in [0, 0.1) is 0 Å². The zero-order valence-electron chi connectivity index (χ0n) is 31.4. The van der Waals surface area contributed by atoms with Gasteiger partial charge in [-0.3, -0.25) is 9.35 Å². The van der Waals surface area contributed by atoms with E-state index in [-0.39, 0.29) is 19.6 Å². The molecular weight excluding hydrogens is 680 g/mol. The number of hydrogen-bond donors (Lipinski definition) is 4. The lowest BCUT2D eigenvalue weighted by atomic mass is 9.99. The number of esters is 1. The Bertz CT molecular complexity index is 1000. The molecule has 1 fully saturated rings. The Kier molecular flexibility index (Phi) is 28.9. The number of aliphatic hydroxyl groups excluding tert-OH is 3. The molecule has 300 valence electrons. The largest absolute Gasteiger partial charge is 0.457 e. The molecule has 0 saturated carbocycles. The molecule has 1 aliphatic rings. The Balaban J connectivity index is 2.09. The SMILES string of the molecule is CCCCCCC/C=C\C/C=C\CCCCCCCCCCCCCCOCC(COC1OC(CO)C(O)C(OS(=O)(=O)O)C1O)OC(=O)CC. The van der Waals surface area contributed by atoms with E-state index in [2.05, 4.69) is 35.4 Å². The fourth-order valence-corrected chi connectivity index (χ4v) is 6.36. The van der Waals surface area contributed by atoms with Crippen molar-refractivity contribution in [1.29, 1.82) is 0 Å². The van der Waals surface area contributed by atoms with Gasteiger partial charge in [0, 0.05) is 13.0 Å². The third kappa shape index (κ3) is 25.3. The lowest BCUT2D eigenvalue weighted by molar-refractivity contribution is -0.301. The minimum Gasteiger partial charge on any atom is -0.457 e. The van der Waals surface area contributed by atoms with Crippen molar-refractivity contribution in [3.05, 3.63) is 24.3 Å². The monoisotopic (exact) mass is 750 g/mol. The van der Waals surface area contributed by atoms with Gasteiger partial charge in [0.25, 0.3) is 0 Å². The van der Waals surface area contributed by atoms with Crippen molar-refractivity contribution >= 4 is 16.4 Å². The molecule has 0 aromatic carbocycles. The van der Waals surface area contributed by atoms with E-state index < -0.39 is 59.8 Å². The van der Waals surface area contributed by atoms with Crippen molar-refractivity contribution in [2.45, 2.75) is 185 Å². The number of aliphatic hydroxyl groups is 3. The van der Waals surface area contributed by atoms with Crippen LogP contribution in [0.25, 0.3) is 0 Å². The van der Waals surface area contributed by atoms with Gasteiger partial charge < -0.3 is 34.3 Å². The van der Waals surface area contributed by atoms with E-state index in [4.69, 9.17) is 23.5 Å². The van der Waals surface area contributed by atoms with Gasteiger partial charge in [-0.1, -0.05) is 128 Å². The number of carbonyl (C=O) groups excluding carboxylic acids is 1. The molecule has 1 aliphatic heterocycles. The van der Waals surface area contributed by atoms with E-state index in [0.29, 0.717) is 6.61 Å².